The van der Waals surface area contributed by atoms with Crippen molar-refractivity contribution in [3.05, 3.63) is 48.5 Å². The SMILES string of the molecule is CCOc1ccc(-c2ccccc2B(O)O)cc1. The molecule has 18 heavy (non-hydrogen) atoms. The molecule has 0 aliphatic heterocycles. The average Bonchev–Trinajstić information content (AvgIpc) is 2.40. The zero-order valence-corrected chi connectivity index (χ0v) is 10.2. The molecule has 0 aliphatic carbocycles. The maximum absolute atomic E-state index is 9.34. The molecule has 0 amide bonds. The minimum absolute atomic E-state index is 0.502. The molecule has 92 valence electrons. The van der Waals surface area contributed by atoms with Crippen molar-refractivity contribution in [2.24, 2.45) is 0 Å². The molecule has 0 saturated heterocycles. The fourth-order valence-corrected chi connectivity index (χ4v) is 1.88. The first kappa shape index (κ1) is 12.7. The Morgan fingerprint density at radius 3 is 2.28 bits per heavy atom. The molecule has 2 rings (SSSR count). The monoisotopic (exact) mass is 242 g/mol. The van der Waals surface area contributed by atoms with Gasteiger partial charge in [-0.1, -0.05) is 36.4 Å². The minimum Gasteiger partial charge on any atom is -0.494 e. The van der Waals surface area contributed by atoms with E-state index in [2.05, 4.69) is 0 Å². The smallest absolute Gasteiger partial charge is 0.489 e. The van der Waals surface area contributed by atoms with Gasteiger partial charge < -0.3 is 14.8 Å². The third-order valence-electron chi connectivity index (χ3n) is 2.72. The summed E-state index contributed by atoms with van der Waals surface area (Å²) in [5, 5.41) is 18.7. The molecule has 0 radical (unpaired) electrons. The summed E-state index contributed by atoms with van der Waals surface area (Å²) < 4.78 is 5.38. The van der Waals surface area contributed by atoms with Crippen LogP contribution in [0.4, 0.5) is 0 Å². The van der Waals surface area contributed by atoms with Crippen LogP contribution in [0.2, 0.25) is 0 Å². The van der Waals surface area contributed by atoms with E-state index >= 15 is 0 Å². The predicted molar refractivity (Wildman–Crippen MR) is 72.9 cm³/mol. The normalized spacial score (nSPS) is 10.2. The Hall–Kier alpha value is -1.78. The van der Waals surface area contributed by atoms with Crippen LogP contribution >= 0.6 is 0 Å². The van der Waals surface area contributed by atoms with Crippen LogP contribution in [0.25, 0.3) is 11.1 Å². The predicted octanol–water partition coefficient (Wildman–Crippen LogP) is 1.43. The maximum Gasteiger partial charge on any atom is 0.489 e. The number of hydrogen-bond acceptors (Lipinski definition) is 3. The van der Waals surface area contributed by atoms with Crippen molar-refractivity contribution in [3.8, 4) is 16.9 Å². The van der Waals surface area contributed by atoms with Crippen molar-refractivity contribution < 1.29 is 14.8 Å². The molecule has 0 spiro atoms. The largest absolute Gasteiger partial charge is 0.494 e. The van der Waals surface area contributed by atoms with Crippen LogP contribution in [0.3, 0.4) is 0 Å². The summed E-state index contributed by atoms with van der Waals surface area (Å²) in [6.45, 7) is 2.57. The van der Waals surface area contributed by atoms with Crippen LogP contribution in [-0.2, 0) is 0 Å². The second-order valence-electron chi connectivity index (χ2n) is 3.92. The molecular weight excluding hydrogens is 227 g/mol. The lowest BCUT2D eigenvalue weighted by molar-refractivity contribution is 0.340. The Bertz CT molecular complexity index is 509. The third-order valence-corrected chi connectivity index (χ3v) is 2.72. The van der Waals surface area contributed by atoms with Crippen LogP contribution in [-0.4, -0.2) is 23.8 Å². The van der Waals surface area contributed by atoms with Gasteiger partial charge in [0.1, 0.15) is 5.75 Å². The fourth-order valence-electron chi connectivity index (χ4n) is 1.88. The van der Waals surface area contributed by atoms with Crippen molar-refractivity contribution in [2.45, 2.75) is 6.92 Å². The number of ether oxygens (including phenoxy) is 1. The van der Waals surface area contributed by atoms with E-state index < -0.39 is 7.12 Å². The zero-order chi connectivity index (χ0) is 13.0. The summed E-state index contributed by atoms with van der Waals surface area (Å²) in [5.74, 6) is 0.809. The Kier molecular flexibility index (Phi) is 4.02. The molecule has 0 aromatic heterocycles. The summed E-state index contributed by atoms with van der Waals surface area (Å²) in [6, 6.07) is 14.8. The van der Waals surface area contributed by atoms with Gasteiger partial charge in [0, 0.05) is 0 Å². The number of benzene rings is 2. The first-order chi connectivity index (χ1) is 8.72. The van der Waals surface area contributed by atoms with Gasteiger partial charge >= 0.3 is 7.12 Å². The lowest BCUT2D eigenvalue weighted by Gasteiger charge is -2.09. The van der Waals surface area contributed by atoms with E-state index in [-0.39, 0.29) is 0 Å². The van der Waals surface area contributed by atoms with E-state index in [1.165, 1.54) is 0 Å². The summed E-state index contributed by atoms with van der Waals surface area (Å²) in [4.78, 5) is 0. The quantitative estimate of drug-likeness (QED) is 0.797. The van der Waals surface area contributed by atoms with Crippen LogP contribution in [0, 0.1) is 0 Å². The Morgan fingerprint density at radius 1 is 1.00 bits per heavy atom. The maximum atomic E-state index is 9.34. The molecule has 2 aromatic carbocycles. The highest BCUT2D eigenvalue weighted by Crippen LogP contribution is 2.21. The van der Waals surface area contributed by atoms with Crippen LogP contribution < -0.4 is 10.2 Å². The molecule has 0 bridgehead atoms. The lowest BCUT2D eigenvalue weighted by Crippen LogP contribution is -2.31. The highest BCUT2D eigenvalue weighted by molar-refractivity contribution is 6.60. The molecule has 0 saturated carbocycles. The third kappa shape index (κ3) is 2.72. The summed E-state index contributed by atoms with van der Waals surface area (Å²) in [6.07, 6.45) is 0. The van der Waals surface area contributed by atoms with E-state index in [4.69, 9.17) is 4.74 Å². The molecule has 2 aromatic rings. The topological polar surface area (TPSA) is 49.7 Å². The van der Waals surface area contributed by atoms with Crippen LogP contribution in [0.5, 0.6) is 5.75 Å². The van der Waals surface area contributed by atoms with Crippen LogP contribution in [0.15, 0.2) is 48.5 Å². The van der Waals surface area contributed by atoms with Crippen molar-refractivity contribution in [1.82, 2.24) is 0 Å². The van der Waals surface area contributed by atoms with E-state index in [1.807, 2.05) is 43.3 Å². The van der Waals surface area contributed by atoms with Crippen molar-refractivity contribution >= 4 is 12.6 Å². The first-order valence-corrected chi connectivity index (χ1v) is 5.90. The van der Waals surface area contributed by atoms with Gasteiger partial charge in [-0.05, 0) is 35.6 Å². The van der Waals surface area contributed by atoms with Gasteiger partial charge in [0.15, 0.2) is 0 Å². The van der Waals surface area contributed by atoms with Gasteiger partial charge in [-0.3, -0.25) is 0 Å². The Morgan fingerprint density at radius 2 is 1.67 bits per heavy atom. The highest BCUT2D eigenvalue weighted by Gasteiger charge is 2.15. The number of rotatable bonds is 4. The van der Waals surface area contributed by atoms with Gasteiger partial charge in [-0.25, -0.2) is 0 Å². The standard InChI is InChI=1S/C14H15BO3/c1-2-18-12-9-7-11(8-10-12)13-5-3-4-6-14(13)15(16)17/h3-10,16-17H,2H2,1H3. The average molecular weight is 242 g/mol. The lowest BCUT2D eigenvalue weighted by atomic mass is 9.75. The molecule has 0 fully saturated rings. The summed E-state index contributed by atoms with van der Waals surface area (Å²) in [5.41, 5.74) is 2.25. The van der Waals surface area contributed by atoms with E-state index in [1.54, 1.807) is 12.1 Å². The molecule has 4 heteroatoms. The molecule has 0 heterocycles. The van der Waals surface area contributed by atoms with Gasteiger partial charge in [-0.2, -0.15) is 0 Å². The minimum atomic E-state index is -1.47. The van der Waals surface area contributed by atoms with Crippen LogP contribution in [0.1, 0.15) is 6.92 Å². The zero-order valence-electron chi connectivity index (χ0n) is 10.2. The van der Waals surface area contributed by atoms with E-state index in [0.717, 1.165) is 16.9 Å². The summed E-state index contributed by atoms with van der Waals surface area (Å²) in [7, 11) is -1.47. The number of hydrogen-bond donors (Lipinski definition) is 2. The second-order valence-corrected chi connectivity index (χ2v) is 3.92. The van der Waals surface area contributed by atoms with E-state index in [0.29, 0.717) is 12.1 Å². The molecule has 0 atom stereocenters. The molecule has 0 aliphatic rings. The molecule has 3 nitrogen and oxygen atoms in total. The Balaban J connectivity index is 2.36. The van der Waals surface area contributed by atoms with Gasteiger partial charge in [0.25, 0.3) is 0 Å². The van der Waals surface area contributed by atoms with Crippen molar-refractivity contribution in [1.29, 1.82) is 0 Å². The molecule has 2 N–H and O–H groups in total. The molecular formula is C14H15BO3. The summed E-state index contributed by atoms with van der Waals surface area (Å²) >= 11 is 0. The van der Waals surface area contributed by atoms with Gasteiger partial charge in [-0.15, -0.1) is 0 Å². The Labute approximate surface area is 107 Å². The van der Waals surface area contributed by atoms with Gasteiger partial charge in [0.2, 0.25) is 0 Å². The van der Waals surface area contributed by atoms with Gasteiger partial charge in [0.05, 0.1) is 6.61 Å². The van der Waals surface area contributed by atoms with E-state index in [9.17, 15) is 10.0 Å². The molecule has 0 unspecified atom stereocenters. The second kappa shape index (κ2) is 5.71. The highest BCUT2D eigenvalue weighted by atomic mass is 16.5. The fraction of sp³-hybridized carbons (Fsp3) is 0.143. The first-order valence-electron chi connectivity index (χ1n) is 5.90. The van der Waals surface area contributed by atoms with Crippen molar-refractivity contribution in [2.75, 3.05) is 6.61 Å². The van der Waals surface area contributed by atoms with Crippen molar-refractivity contribution in [3.63, 3.8) is 0 Å².